The molecule has 0 spiro atoms. The predicted molar refractivity (Wildman–Crippen MR) is 102 cm³/mol. The fraction of sp³-hybridized carbons (Fsp3) is 0.278. The van der Waals surface area contributed by atoms with Crippen LogP contribution in [0.5, 0.6) is 11.5 Å². The van der Waals surface area contributed by atoms with Crippen molar-refractivity contribution >= 4 is 27.3 Å². The minimum absolute atomic E-state index is 0.209. The number of amides is 1. The van der Waals surface area contributed by atoms with Gasteiger partial charge in [0.2, 0.25) is 10.0 Å². The zero-order chi connectivity index (χ0) is 19.3. The van der Waals surface area contributed by atoms with Gasteiger partial charge in [0.15, 0.2) is 6.61 Å². The lowest BCUT2D eigenvalue weighted by Gasteiger charge is -2.14. The molecule has 0 saturated heterocycles. The van der Waals surface area contributed by atoms with Crippen LogP contribution in [0.4, 0.5) is 11.4 Å². The molecule has 0 radical (unpaired) electrons. The molecule has 0 heterocycles. The monoisotopic (exact) mass is 378 g/mol. The van der Waals surface area contributed by atoms with E-state index in [2.05, 4.69) is 10.0 Å². The third-order valence-corrected chi connectivity index (χ3v) is 4.09. The zero-order valence-electron chi connectivity index (χ0n) is 15.1. The van der Waals surface area contributed by atoms with Gasteiger partial charge in [0.1, 0.15) is 11.5 Å². The van der Waals surface area contributed by atoms with Gasteiger partial charge in [0.25, 0.3) is 5.91 Å². The summed E-state index contributed by atoms with van der Waals surface area (Å²) in [5.74, 6) is 0.686. The summed E-state index contributed by atoms with van der Waals surface area (Å²) in [6.07, 6.45) is 1.03. The summed E-state index contributed by atoms with van der Waals surface area (Å²) in [5.41, 5.74) is 2.47. The van der Waals surface area contributed by atoms with Crippen LogP contribution in [0, 0.1) is 13.8 Å². The third-order valence-electron chi connectivity index (χ3n) is 3.50. The number of sulfonamides is 1. The van der Waals surface area contributed by atoms with E-state index in [9.17, 15) is 13.2 Å². The molecule has 0 aliphatic rings. The van der Waals surface area contributed by atoms with E-state index >= 15 is 0 Å². The van der Waals surface area contributed by atoms with Crippen molar-refractivity contribution in [2.75, 3.05) is 30.0 Å². The summed E-state index contributed by atoms with van der Waals surface area (Å²) in [7, 11) is -2.01. The Balaban J connectivity index is 2.13. The highest BCUT2D eigenvalue weighted by Crippen LogP contribution is 2.28. The molecule has 140 valence electrons. The number of hydrogen-bond acceptors (Lipinski definition) is 5. The Bertz CT molecular complexity index is 910. The minimum atomic E-state index is -3.49. The summed E-state index contributed by atoms with van der Waals surface area (Å²) < 4.78 is 36.0. The van der Waals surface area contributed by atoms with Gasteiger partial charge in [-0.2, -0.15) is 0 Å². The average Bonchev–Trinajstić information content (AvgIpc) is 2.56. The number of carbonyl (C=O) groups excluding carboxylic acids is 1. The largest absolute Gasteiger partial charge is 0.497 e. The number of rotatable bonds is 7. The number of nitrogens with one attached hydrogen (secondary N) is 2. The lowest BCUT2D eigenvalue weighted by molar-refractivity contribution is -0.118. The number of carbonyl (C=O) groups is 1. The Morgan fingerprint density at radius 3 is 2.46 bits per heavy atom. The number of anilines is 2. The van der Waals surface area contributed by atoms with Crippen LogP contribution >= 0.6 is 0 Å². The standard InChI is InChI=1S/C18H22N2O5S/c1-12-5-6-13(2)17(9-12)25-11-18(21)19-16-10-14(24-3)7-8-15(16)20-26(4,22)23/h5-10,20H,11H2,1-4H3,(H,19,21). The van der Waals surface area contributed by atoms with Crippen molar-refractivity contribution in [3.63, 3.8) is 0 Å². The van der Waals surface area contributed by atoms with Gasteiger partial charge < -0.3 is 14.8 Å². The summed E-state index contributed by atoms with van der Waals surface area (Å²) in [5, 5.41) is 2.64. The SMILES string of the molecule is COc1ccc(NS(C)(=O)=O)c(NC(=O)COc2cc(C)ccc2C)c1. The zero-order valence-corrected chi connectivity index (χ0v) is 15.9. The van der Waals surface area contributed by atoms with Crippen molar-refractivity contribution in [2.45, 2.75) is 13.8 Å². The number of ether oxygens (including phenoxy) is 2. The van der Waals surface area contributed by atoms with Crippen molar-refractivity contribution in [3.05, 3.63) is 47.5 Å². The van der Waals surface area contributed by atoms with Gasteiger partial charge in [-0.25, -0.2) is 8.42 Å². The maximum atomic E-state index is 12.2. The van der Waals surface area contributed by atoms with Crippen LogP contribution in [0.1, 0.15) is 11.1 Å². The van der Waals surface area contributed by atoms with E-state index < -0.39 is 15.9 Å². The normalized spacial score (nSPS) is 10.9. The van der Waals surface area contributed by atoms with Gasteiger partial charge in [0, 0.05) is 6.07 Å². The van der Waals surface area contributed by atoms with Gasteiger partial charge in [-0.1, -0.05) is 12.1 Å². The molecule has 2 aromatic rings. The highest BCUT2D eigenvalue weighted by molar-refractivity contribution is 7.92. The molecule has 2 N–H and O–H groups in total. The van der Waals surface area contributed by atoms with E-state index in [1.165, 1.54) is 19.2 Å². The lowest BCUT2D eigenvalue weighted by atomic mass is 10.1. The quantitative estimate of drug-likeness (QED) is 0.773. The van der Waals surface area contributed by atoms with E-state index in [1.54, 1.807) is 6.07 Å². The molecule has 0 saturated carbocycles. The molecule has 0 unspecified atom stereocenters. The smallest absolute Gasteiger partial charge is 0.262 e. The Morgan fingerprint density at radius 2 is 1.81 bits per heavy atom. The molecule has 8 heteroatoms. The van der Waals surface area contributed by atoms with E-state index in [0.29, 0.717) is 11.5 Å². The highest BCUT2D eigenvalue weighted by atomic mass is 32.2. The van der Waals surface area contributed by atoms with Crippen molar-refractivity contribution < 1.29 is 22.7 Å². The average molecular weight is 378 g/mol. The lowest BCUT2D eigenvalue weighted by Crippen LogP contribution is -2.22. The van der Waals surface area contributed by atoms with E-state index in [1.807, 2.05) is 32.0 Å². The summed E-state index contributed by atoms with van der Waals surface area (Å²) in [6, 6.07) is 10.4. The first-order chi connectivity index (χ1) is 12.2. The van der Waals surface area contributed by atoms with Gasteiger partial charge in [-0.15, -0.1) is 0 Å². The summed E-state index contributed by atoms with van der Waals surface area (Å²) in [4.78, 5) is 12.2. The fourth-order valence-corrected chi connectivity index (χ4v) is 2.81. The van der Waals surface area contributed by atoms with Crippen LogP contribution in [0.15, 0.2) is 36.4 Å². The Labute approximate surface area is 153 Å². The number of benzene rings is 2. The van der Waals surface area contributed by atoms with Crippen LogP contribution in [0.25, 0.3) is 0 Å². The summed E-state index contributed by atoms with van der Waals surface area (Å²) in [6.45, 7) is 3.62. The number of methoxy groups -OCH3 is 1. The van der Waals surface area contributed by atoms with Crippen LogP contribution < -0.4 is 19.5 Å². The van der Waals surface area contributed by atoms with Gasteiger partial charge in [-0.3, -0.25) is 9.52 Å². The first kappa shape index (κ1) is 19.6. The molecule has 1 amide bonds. The third kappa shape index (κ3) is 5.66. The van der Waals surface area contributed by atoms with Crippen molar-refractivity contribution in [1.29, 1.82) is 0 Å². The Kier molecular flexibility index (Phi) is 6.10. The van der Waals surface area contributed by atoms with E-state index in [0.717, 1.165) is 17.4 Å². The molecule has 0 atom stereocenters. The Hall–Kier alpha value is -2.74. The molecular weight excluding hydrogens is 356 g/mol. The molecule has 0 aliphatic carbocycles. The second-order valence-electron chi connectivity index (χ2n) is 5.89. The number of aryl methyl sites for hydroxylation is 2. The highest BCUT2D eigenvalue weighted by Gasteiger charge is 2.13. The van der Waals surface area contributed by atoms with Gasteiger partial charge in [0.05, 0.1) is 24.7 Å². The van der Waals surface area contributed by atoms with Crippen molar-refractivity contribution in [2.24, 2.45) is 0 Å². The second kappa shape index (κ2) is 8.09. The maximum absolute atomic E-state index is 12.2. The van der Waals surface area contributed by atoms with Crippen LogP contribution in [-0.4, -0.2) is 34.3 Å². The van der Waals surface area contributed by atoms with Crippen LogP contribution in [-0.2, 0) is 14.8 Å². The molecule has 7 nitrogen and oxygen atoms in total. The topological polar surface area (TPSA) is 93.7 Å². The molecule has 0 fully saturated rings. The minimum Gasteiger partial charge on any atom is -0.497 e. The van der Waals surface area contributed by atoms with Gasteiger partial charge >= 0.3 is 0 Å². The van der Waals surface area contributed by atoms with Crippen molar-refractivity contribution in [1.82, 2.24) is 0 Å². The van der Waals surface area contributed by atoms with E-state index in [-0.39, 0.29) is 18.0 Å². The van der Waals surface area contributed by atoms with Crippen LogP contribution in [0.2, 0.25) is 0 Å². The van der Waals surface area contributed by atoms with Crippen molar-refractivity contribution in [3.8, 4) is 11.5 Å². The first-order valence-corrected chi connectivity index (χ1v) is 9.73. The summed E-state index contributed by atoms with van der Waals surface area (Å²) >= 11 is 0. The molecule has 0 bridgehead atoms. The fourth-order valence-electron chi connectivity index (χ4n) is 2.23. The first-order valence-electron chi connectivity index (χ1n) is 7.83. The number of hydrogen-bond donors (Lipinski definition) is 2. The van der Waals surface area contributed by atoms with Crippen LogP contribution in [0.3, 0.4) is 0 Å². The Morgan fingerprint density at radius 1 is 1.08 bits per heavy atom. The second-order valence-corrected chi connectivity index (χ2v) is 7.64. The molecule has 2 aromatic carbocycles. The maximum Gasteiger partial charge on any atom is 0.262 e. The molecule has 26 heavy (non-hydrogen) atoms. The predicted octanol–water partition coefficient (Wildman–Crippen LogP) is 2.70. The molecular formula is C18H22N2O5S. The van der Waals surface area contributed by atoms with E-state index in [4.69, 9.17) is 9.47 Å². The molecule has 0 aromatic heterocycles. The molecule has 0 aliphatic heterocycles. The molecule has 2 rings (SSSR count). The van der Waals surface area contributed by atoms with Gasteiger partial charge in [-0.05, 0) is 43.2 Å².